The lowest BCUT2D eigenvalue weighted by Gasteiger charge is -2.32. The second kappa shape index (κ2) is 12.3. The molecule has 3 aromatic rings. The van der Waals surface area contributed by atoms with E-state index in [-0.39, 0.29) is 30.2 Å². The monoisotopic (exact) mass is 506 g/mol. The number of benzene rings is 2. The highest BCUT2D eigenvalue weighted by Gasteiger charge is 2.34. The third-order valence-electron chi connectivity index (χ3n) is 6.78. The van der Waals surface area contributed by atoms with Crippen LogP contribution in [0.3, 0.4) is 0 Å². The van der Waals surface area contributed by atoms with Crippen molar-refractivity contribution < 1.29 is 28.2 Å². The van der Waals surface area contributed by atoms with E-state index < -0.39 is 6.04 Å². The Labute approximate surface area is 217 Å². The molecule has 37 heavy (non-hydrogen) atoms. The fraction of sp³-hybridized carbons (Fsp3) is 0.379. The van der Waals surface area contributed by atoms with E-state index >= 15 is 0 Å². The lowest BCUT2D eigenvalue weighted by molar-refractivity contribution is -0.126. The molecule has 1 aromatic heterocycles. The van der Waals surface area contributed by atoms with Crippen molar-refractivity contribution in [2.75, 3.05) is 27.9 Å². The number of nitrogens with zero attached hydrogens (tertiary/aromatic N) is 1. The largest absolute Gasteiger partial charge is 0.497 e. The first kappa shape index (κ1) is 26.1. The van der Waals surface area contributed by atoms with Gasteiger partial charge in [-0.1, -0.05) is 31.0 Å². The van der Waals surface area contributed by atoms with E-state index in [0.717, 1.165) is 31.2 Å². The molecule has 8 heteroatoms. The summed E-state index contributed by atoms with van der Waals surface area (Å²) in [5.74, 6) is 1.53. The maximum atomic E-state index is 13.8. The van der Waals surface area contributed by atoms with Gasteiger partial charge >= 0.3 is 0 Å². The average Bonchev–Trinajstić information content (AvgIpc) is 3.65. The van der Waals surface area contributed by atoms with Gasteiger partial charge in [0.25, 0.3) is 5.91 Å². The third-order valence-corrected chi connectivity index (χ3v) is 6.78. The van der Waals surface area contributed by atoms with Gasteiger partial charge in [0.1, 0.15) is 11.8 Å². The minimum Gasteiger partial charge on any atom is -0.497 e. The van der Waals surface area contributed by atoms with Gasteiger partial charge in [0.15, 0.2) is 17.3 Å². The van der Waals surface area contributed by atoms with Crippen LogP contribution in [0.2, 0.25) is 0 Å². The summed E-state index contributed by atoms with van der Waals surface area (Å²) in [5.41, 5.74) is 1.64. The molecule has 1 heterocycles. The Hall–Kier alpha value is -3.94. The summed E-state index contributed by atoms with van der Waals surface area (Å²) >= 11 is 0. The van der Waals surface area contributed by atoms with Crippen LogP contribution in [0.5, 0.6) is 17.2 Å². The molecule has 1 saturated carbocycles. The zero-order valence-electron chi connectivity index (χ0n) is 21.6. The van der Waals surface area contributed by atoms with Crippen LogP contribution in [0.1, 0.15) is 53.4 Å². The molecule has 1 aliphatic carbocycles. The van der Waals surface area contributed by atoms with Crippen molar-refractivity contribution in [1.29, 1.82) is 0 Å². The molecule has 1 aliphatic rings. The van der Waals surface area contributed by atoms with E-state index in [1.165, 1.54) is 6.26 Å². The van der Waals surface area contributed by atoms with Gasteiger partial charge in [0.05, 0.1) is 27.6 Å². The summed E-state index contributed by atoms with van der Waals surface area (Å²) in [6.07, 6.45) is 6.02. The number of carbonyl (C=O) groups excluding carboxylic acids is 2. The smallest absolute Gasteiger partial charge is 0.290 e. The van der Waals surface area contributed by atoms with Crippen LogP contribution in [-0.4, -0.2) is 50.6 Å². The number of hydrogen-bond acceptors (Lipinski definition) is 6. The highest BCUT2D eigenvalue weighted by Crippen LogP contribution is 2.30. The minimum absolute atomic E-state index is 0.111. The number of rotatable bonds is 11. The molecule has 0 saturated heterocycles. The second-order valence-corrected chi connectivity index (χ2v) is 9.08. The van der Waals surface area contributed by atoms with E-state index in [2.05, 4.69) is 5.32 Å². The molecule has 0 spiro atoms. The van der Waals surface area contributed by atoms with Crippen molar-refractivity contribution >= 4 is 11.8 Å². The van der Waals surface area contributed by atoms with E-state index in [1.54, 1.807) is 50.5 Å². The van der Waals surface area contributed by atoms with Crippen molar-refractivity contribution in [2.45, 2.75) is 44.2 Å². The van der Waals surface area contributed by atoms with Crippen LogP contribution in [-0.2, 0) is 11.2 Å². The quantitative estimate of drug-likeness (QED) is 0.402. The van der Waals surface area contributed by atoms with Crippen molar-refractivity contribution in [3.05, 3.63) is 77.7 Å². The Morgan fingerprint density at radius 2 is 1.70 bits per heavy atom. The Kier molecular flexibility index (Phi) is 8.72. The summed E-state index contributed by atoms with van der Waals surface area (Å²) in [6.45, 7) is 0.282. The number of carbonyl (C=O) groups is 2. The molecule has 0 radical (unpaired) electrons. The third kappa shape index (κ3) is 6.25. The van der Waals surface area contributed by atoms with Gasteiger partial charge in [-0.3, -0.25) is 9.59 Å². The van der Waals surface area contributed by atoms with Crippen molar-refractivity contribution in [1.82, 2.24) is 10.2 Å². The summed E-state index contributed by atoms with van der Waals surface area (Å²) in [5, 5.41) is 3.19. The van der Waals surface area contributed by atoms with Gasteiger partial charge in [0, 0.05) is 12.6 Å². The number of methoxy groups -OCH3 is 3. The van der Waals surface area contributed by atoms with Crippen LogP contribution < -0.4 is 19.5 Å². The van der Waals surface area contributed by atoms with E-state index in [9.17, 15) is 9.59 Å². The van der Waals surface area contributed by atoms with Gasteiger partial charge in [-0.25, -0.2) is 0 Å². The molecule has 0 bridgehead atoms. The molecule has 1 unspecified atom stereocenters. The summed E-state index contributed by atoms with van der Waals surface area (Å²) in [6, 6.07) is 15.5. The standard InChI is InChI=1S/C29H34N2O6/c1-34-23-13-11-21(12-14-23)27(28(32)30-22-7-4-5-8-22)31(29(33)25-9-6-18-37-25)17-16-20-10-15-24(35-2)26(19-20)36-3/h6,9-15,18-19,22,27H,4-5,7-8,16-17H2,1-3H3,(H,30,32). The molecule has 1 atom stereocenters. The van der Waals surface area contributed by atoms with Gasteiger partial charge in [0.2, 0.25) is 5.91 Å². The Bertz CT molecular complexity index is 1170. The molecule has 1 fully saturated rings. The van der Waals surface area contributed by atoms with Crippen LogP contribution in [0.15, 0.2) is 65.3 Å². The van der Waals surface area contributed by atoms with E-state index in [1.807, 2.05) is 30.3 Å². The van der Waals surface area contributed by atoms with Crippen molar-refractivity contribution in [3.63, 3.8) is 0 Å². The topological polar surface area (TPSA) is 90.2 Å². The molecular formula is C29H34N2O6. The van der Waals surface area contributed by atoms with E-state index in [4.69, 9.17) is 18.6 Å². The first-order valence-electron chi connectivity index (χ1n) is 12.5. The minimum atomic E-state index is -0.843. The second-order valence-electron chi connectivity index (χ2n) is 9.08. The average molecular weight is 507 g/mol. The molecule has 0 aliphatic heterocycles. The maximum absolute atomic E-state index is 13.8. The predicted octanol–water partition coefficient (Wildman–Crippen LogP) is 4.79. The highest BCUT2D eigenvalue weighted by atomic mass is 16.5. The van der Waals surface area contributed by atoms with Gasteiger partial charge in [-0.05, 0) is 66.8 Å². The number of nitrogens with one attached hydrogen (secondary N) is 1. The number of amides is 2. The molecular weight excluding hydrogens is 472 g/mol. The van der Waals surface area contributed by atoms with Crippen molar-refractivity contribution in [3.8, 4) is 17.2 Å². The Morgan fingerprint density at radius 1 is 0.973 bits per heavy atom. The van der Waals surface area contributed by atoms with Crippen LogP contribution in [0.4, 0.5) is 0 Å². The Morgan fingerprint density at radius 3 is 2.32 bits per heavy atom. The number of hydrogen-bond donors (Lipinski definition) is 1. The first-order chi connectivity index (χ1) is 18.0. The van der Waals surface area contributed by atoms with Gasteiger partial charge in [-0.15, -0.1) is 0 Å². The summed E-state index contributed by atoms with van der Waals surface area (Å²) < 4.78 is 21.6. The normalized spacial score (nSPS) is 14.1. The van der Waals surface area contributed by atoms with Crippen LogP contribution >= 0.6 is 0 Å². The molecule has 2 aromatic carbocycles. The molecule has 2 amide bonds. The van der Waals surface area contributed by atoms with Crippen LogP contribution in [0.25, 0.3) is 0 Å². The fourth-order valence-electron chi connectivity index (χ4n) is 4.78. The lowest BCUT2D eigenvalue weighted by atomic mass is 10.0. The highest BCUT2D eigenvalue weighted by molar-refractivity contribution is 5.96. The summed E-state index contributed by atoms with van der Waals surface area (Å²) in [4.78, 5) is 29.1. The van der Waals surface area contributed by atoms with Crippen LogP contribution in [0, 0.1) is 0 Å². The lowest BCUT2D eigenvalue weighted by Crippen LogP contribution is -2.46. The Balaban J connectivity index is 1.68. The molecule has 8 nitrogen and oxygen atoms in total. The number of ether oxygens (including phenoxy) is 3. The molecule has 4 rings (SSSR count). The zero-order chi connectivity index (χ0) is 26.2. The van der Waals surface area contributed by atoms with Crippen molar-refractivity contribution in [2.24, 2.45) is 0 Å². The zero-order valence-corrected chi connectivity index (χ0v) is 21.6. The molecule has 196 valence electrons. The summed E-state index contributed by atoms with van der Waals surface area (Å²) in [7, 11) is 4.76. The SMILES string of the molecule is COc1ccc(C(C(=O)NC2CCCC2)N(CCc2ccc(OC)c(OC)c2)C(=O)c2ccco2)cc1. The van der Waals surface area contributed by atoms with Gasteiger partial charge in [-0.2, -0.15) is 0 Å². The fourth-order valence-corrected chi connectivity index (χ4v) is 4.78. The van der Waals surface area contributed by atoms with Gasteiger partial charge < -0.3 is 28.8 Å². The maximum Gasteiger partial charge on any atom is 0.290 e. The first-order valence-corrected chi connectivity index (χ1v) is 12.5. The predicted molar refractivity (Wildman–Crippen MR) is 139 cm³/mol. The molecule has 1 N–H and O–H groups in total. The van der Waals surface area contributed by atoms with E-state index in [0.29, 0.717) is 29.2 Å². The number of furan rings is 1.